The molecule has 1 aliphatic rings. The van der Waals surface area contributed by atoms with Crippen LogP contribution in [0.2, 0.25) is 0 Å². The monoisotopic (exact) mass is 220 g/mol. The molecule has 88 valence electrons. The highest BCUT2D eigenvalue weighted by Gasteiger charge is 2.19. The summed E-state index contributed by atoms with van der Waals surface area (Å²) in [5.41, 5.74) is 2.83. The minimum atomic E-state index is -0.0498. The fraction of sp³-hybridized carbons (Fsp3) is 0.571. The Kier molecular flexibility index (Phi) is 3.97. The zero-order valence-corrected chi connectivity index (χ0v) is 10.1. The van der Waals surface area contributed by atoms with Gasteiger partial charge in [-0.05, 0) is 12.0 Å². The van der Waals surface area contributed by atoms with Crippen LogP contribution in [0.3, 0.4) is 0 Å². The summed E-state index contributed by atoms with van der Waals surface area (Å²) in [6.45, 7) is 5.51. The van der Waals surface area contributed by atoms with E-state index in [1.807, 2.05) is 0 Å². The number of hydrogen-bond donors (Lipinski definition) is 2. The predicted octanol–water partition coefficient (Wildman–Crippen LogP) is 0.789. The van der Waals surface area contributed by atoms with Gasteiger partial charge in [0.2, 0.25) is 0 Å². The van der Waals surface area contributed by atoms with E-state index in [0.29, 0.717) is 0 Å². The van der Waals surface area contributed by atoms with E-state index in [1.54, 1.807) is 4.90 Å². The van der Waals surface area contributed by atoms with Gasteiger partial charge in [-0.1, -0.05) is 31.2 Å². The number of nitrogens with one attached hydrogen (secondary N) is 1. The van der Waals surface area contributed by atoms with Crippen LogP contribution in [0.5, 0.6) is 0 Å². The Bertz CT molecular complexity index is 312. The molecule has 0 unspecified atom stereocenters. The van der Waals surface area contributed by atoms with E-state index < -0.39 is 0 Å². The summed E-state index contributed by atoms with van der Waals surface area (Å²) in [4.78, 5) is 1.61. The van der Waals surface area contributed by atoms with Gasteiger partial charge in [0.05, 0.1) is 19.2 Å². The second-order valence-electron chi connectivity index (χ2n) is 4.83. The van der Waals surface area contributed by atoms with Crippen LogP contribution < -0.4 is 4.90 Å². The zero-order chi connectivity index (χ0) is 11.4. The maximum atomic E-state index is 9.45. The summed E-state index contributed by atoms with van der Waals surface area (Å²) in [7, 11) is 0. The third-order valence-corrected chi connectivity index (χ3v) is 3.55. The molecule has 0 amide bonds. The first kappa shape index (κ1) is 11.6. The highest BCUT2D eigenvalue weighted by molar-refractivity contribution is 5.21. The molecule has 0 radical (unpaired) electrons. The highest BCUT2D eigenvalue weighted by atomic mass is 16.3. The van der Waals surface area contributed by atoms with Gasteiger partial charge in [0.15, 0.2) is 0 Å². The summed E-state index contributed by atoms with van der Waals surface area (Å²) in [5.74, 6) is 0. The summed E-state index contributed by atoms with van der Waals surface area (Å²) < 4.78 is 0. The molecule has 1 aliphatic heterocycles. The molecule has 1 aromatic rings. The summed E-state index contributed by atoms with van der Waals surface area (Å²) in [5, 5.41) is 9.45. The van der Waals surface area contributed by atoms with Gasteiger partial charge in [-0.25, -0.2) is 0 Å². The van der Waals surface area contributed by atoms with Crippen LogP contribution in [-0.2, 0) is 13.0 Å². The van der Waals surface area contributed by atoms with Crippen molar-refractivity contribution in [1.82, 2.24) is 0 Å². The van der Waals surface area contributed by atoms with Crippen molar-refractivity contribution in [3.63, 3.8) is 0 Å². The van der Waals surface area contributed by atoms with Gasteiger partial charge >= 0.3 is 0 Å². The average Bonchev–Trinajstić information content (AvgIpc) is 2.33. The van der Waals surface area contributed by atoms with E-state index in [9.17, 15) is 5.11 Å². The lowest BCUT2D eigenvalue weighted by molar-refractivity contribution is -0.919. The standard InChI is InChI=1S/C14H21NO/c1-2-12-3-5-13(6-4-12)11-15-9-7-14(16)8-10-15/h3-6,14,16H,2,7-11H2,1H3/p+1. The van der Waals surface area contributed by atoms with E-state index in [0.717, 1.165) is 38.9 Å². The molecule has 0 bridgehead atoms. The lowest BCUT2D eigenvalue weighted by Crippen LogP contribution is -3.12. The maximum absolute atomic E-state index is 9.45. The van der Waals surface area contributed by atoms with E-state index in [2.05, 4.69) is 31.2 Å². The largest absolute Gasteiger partial charge is 0.393 e. The lowest BCUT2D eigenvalue weighted by Gasteiger charge is -2.26. The number of piperidine rings is 1. The Hall–Kier alpha value is -0.860. The number of aryl methyl sites for hydroxylation is 1. The Labute approximate surface area is 97.9 Å². The van der Waals surface area contributed by atoms with Crippen LogP contribution in [0, 0.1) is 0 Å². The fourth-order valence-corrected chi connectivity index (χ4v) is 2.37. The second-order valence-corrected chi connectivity index (χ2v) is 4.83. The molecule has 1 fully saturated rings. The number of likely N-dealkylation sites (tertiary alicyclic amines) is 1. The first-order valence-corrected chi connectivity index (χ1v) is 6.37. The van der Waals surface area contributed by atoms with Gasteiger partial charge in [-0.3, -0.25) is 0 Å². The molecule has 0 aliphatic carbocycles. The van der Waals surface area contributed by atoms with Crippen LogP contribution >= 0.6 is 0 Å². The first-order chi connectivity index (χ1) is 7.78. The van der Waals surface area contributed by atoms with Crippen LogP contribution in [0.25, 0.3) is 0 Å². The van der Waals surface area contributed by atoms with Crippen molar-refractivity contribution in [2.75, 3.05) is 13.1 Å². The van der Waals surface area contributed by atoms with Crippen molar-refractivity contribution < 1.29 is 10.0 Å². The molecule has 1 heterocycles. The van der Waals surface area contributed by atoms with Crippen molar-refractivity contribution >= 4 is 0 Å². The summed E-state index contributed by atoms with van der Waals surface area (Å²) in [6, 6.07) is 8.95. The van der Waals surface area contributed by atoms with E-state index >= 15 is 0 Å². The van der Waals surface area contributed by atoms with Crippen molar-refractivity contribution in [1.29, 1.82) is 0 Å². The van der Waals surface area contributed by atoms with Gasteiger partial charge in [0.1, 0.15) is 6.54 Å². The Morgan fingerprint density at radius 1 is 1.12 bits per heavy atom. The fourth-order valence-electron chi connectivity index (χ4n) is 2.37. The average molecular weight is 220 g/mol. The van der Waals surface area contributed by atoms with Crippen LogP contribution in [0.1, 0.15) is 30.9 Å². The number of benzene rings is 1. The molecule has 0 aromatic heterocycles. The van der Waals surface area contributed by atoms with Gasteiger partial charge in [-0.2, -0.15) is 0 Å². The van der Waals surface area contributed by atoms with Crippen LogP contribution in [-0.4, -0.2) is 24.3 Å². The van der Waals surface area contributed by atoms with E-state index in [1.165, 1.54) is 11.1 Å². The minimum Gasteiger partial charge on any atom is -0.393 e. The van der Waals surface area contributed by atoms with E-state index in [-0.39, 0.29) is 6.10 Å². The summed E-state index contributed by atoms with van der Waals surface area (Å²) in [6.07, 6.45) is 2.99. The molecular weight excluding hydrogens is 198 g/mol. The third-order valence-electron chi connectivity index (χ3n) is 3.55. The quantitative estimate of drug-likeness (QED) is 0.773. The van der Waals surface area contributed by atoms with E-state index in [4.69, 9.17) is 0 Å². The molecule has 2 rings (SSSR count). The van der Waals surface area contributed by atoms with Crippen LogP contribution in [0.4, 0.5) is 0 Å². The number of aliphatic hydroxyl groups excluding tert-OH is 1. The molecule has 2 nitrogen and oxygen atoms in total. The predicted molar refractivity (Wildman–Crippen MR) is 65.5 cm³/mol. The Balaban J connectivity index is 1.88. The molecule has 1 saturated heterocycles. The van der Waals surface area contributed by atoms with Crippen molar-refractivity contribution in [2.24, 2.45) is 0 Å². The number of quaternary nitrogens is 1. The molecule has 0 atom stereocenters. The molecule has 2 heteroatoms. The van der Waals surface area contributed by atoms with Gasteiger partial charge in [0, 0.05) is 18.4 Å². The van der Waals surface area contributed by atoms with Crippen molar-refractivity contribution in [3.8, 4) is 0 Å². The minimum absolute atomic E-state index is 0.0498. The van der Waals surface area contributed by atoms with Gasteiger partial charge < -0.3 is 10.0 Å². The SMILES string of the molecule is CCc1ccc(C[NH+]2CCC(O)CC2)cc1. The van der Waals surface area contributed by atoms with Crippen molar-refractivity contribution in [3.05, 3.63) is 35.4 Å². The topological polar surface area (TPSA) is 24.7 Å². The van der Waals surface area contributed by atoms with Gasteiger partial charge in [0.25, 0.3) is 0 Å². The third kappa shape index (κ3) is 3.06. The number of aliphatic hydroxyl groups is 1. The summed E-state index contributed by atoms with van der Waals surface area (Å²) >= 11 is 0. The first-order valence-electron chi connectivity index (χ1n) is 6.37. The Morgan fingerprint density at radius 2 is 1.69 bits per heavy atom. The molecule has 16 heavy (non-hydrogen) atoms. The smallest absolute Gasteiger partial charge is 0.103 e. The van der Waals surface area contributed by atoms with Crippen LogP contribution in [0.15, 0.2) is 24.3 Å². The second kappa shape index (κ2) is 5.46. The number of rotatable bonds is 3. The normalized spacial score (nSPS) is 25.6. The molecule has 2 N–H and O–H groups in total. The molecular formula is C14H22NO+. The molecule has 1 aromatic carbocycles. The highest BCUT2D eigenvalue weighted by Crippen LogP contribution is 2.05. The molecule has 0 spiro atoms. The number of hydrogen-bond acceptors (Lipinski definition) is 1. The van der Waals surface area contributed by atoms with Gasteiger partial charge in [-0.15, -0.1) is 0 Å². The maximum Gasteiger partial charge on any atom is 0.103 e. The zero-order valence-electron chi connectivity index (χ0n) is 10.1. The Morgan fingerprint density at radius 3 is 2.25 bits per heavy atom. The molecule has 0 saturated carbocycles. The lowest BCUT2D eigenvalue weighted by atomic mass is 10.1. The van der Waals surface area contributed by atoms with Crippen molar-refractivity contribution in [2.45, 2.75) is 38.8 Å².